The summed E-state index contributed by atoms with van der Waals surface area (Å²) in [7, 11) is 0. The third kappa shape index (κ3) is 4.15. The molecular formula is C15H26N2S3. The first kappa shape index (κ1) is 16.7. The fraction of sp³-hybridized carbons (Fsp3) is 0.800. The Morgan fingerprint density at radius 2 is 2.00 bits per heavy atom. The molecule has 2 nitrogen and oxygen atoms in total. The van der Waals surface area contributed by atoms with Crippen molar-refractivity contribution in [3.05, 3.63) is 15.6 Å². The minimum atomic E-state index is 0.619. The molecule has 2 unspecified atom stereocenters. The second-order valence-electron chi connectivity index (χ2n) is 5.06. The molecule has 0 amide bonds. The van der Waals surface area contributed by atoms with Crippen LogP contribution in [0.4, 0.5) is 0 Å². The number of hydrogen-bond donors (Lipinski definition) is 1. The van der Waals surface area contributed by atoms with E-state index >= 15 is 0 Å². The van der Waals surface area contributed by atoms with Gasteiger partial charge in [0.25, 0.3) is 0 Å². The molecule has 0 bridgehead atoms. The molecule has 2 atom stereocenters. The van der Waals surface area contributed by atoms with E-state index in [0.29, 0.717) is 5.25 Å². The first-order chi connectivity index (χ1) is 9.80. The Kier molecular flexibility index (Phi) is 7.22. The van der Waals surface area contributed by atoms with Crippen LogP contribution in [-0.2, 0) is 13.0 Å². The number of thiazole rings is 1. The second-order valence-corrected chi connectivity index (χ2v) is 8.77. The zero-order valence-electron chi connectivity index (χ0n) is 12.8. The lowest BCUT2D eigenvalue weighted by atomic mass is 10.2. The summed E-state index contributed by atoms with van der Waals surface area (Å²) in [5, 5.41) is 6.27. The van der Waals surface area contributed by atoms with Gasteiger partial charge < -0.3 is 5.32 Å². The summed E-state index contributed by atoms with van der Waals surface area (Å²) in [5.74, 6) is 2.58. The van der Waals surface area contributed by atoms with Crippen LogP contribution in [0.2, 0.25) is 0 Å². The molecule has 114 valence electrons. The monoisotopic (exact) mass is 330 g/mol. The highest BCUT2D eigenvalue weighted by molar-refractivity contribution is 8.06. The predicted molar refractivity (Wildman–Crippen MR) is 95.2 cm³/mol. The maximum atomic E-state index is 4.97. The van der Waals surface area contributed by atoms with E-state index in [9.17, 15) is 0 Å². The summed E-state index contributed by atoms with van der Waals surface area (Å²) in [6, 6.07) is 0. The van der Waals surface area contributed by atoms with Gasteiger partial charge in [0, 0.05) is 28.2 Å². The Hall–Kier alpha value is 0.290. The van der Waals surface area contributed by atoms with Gasteiger partial charge in [-0.15, -0.1) is 23.1 Å². The molecule has 2 rings (SSSR count). The quantitative estimate of drug-likeness (QED) is 0.744. The molecule has 0 spiro atoms. The van der Waals surface area contributed by atoms with E-state index in [2.05, 4.69) is 49.6 Å². The van der Waals surface area contributed by atoms with E-state index in [-0.39, 0.29) is 0 Å². The van der Waals surface area contributed by atoms with E-state index in [1.165, 1.54) is 39.9 Å². The van der Waals surface area contributed by atoms with Crippen LogP contribution in [0.15, 0.2) is 0 Å². The summed E-state index contributed by atoms with van der Waals surface area (Å²) >= 11 is 6.21. The second kappa shape index (κ2) is 8.66. The molecule has 1 aliphatic rings. The number of rotatable bonds is 7. The number of aryl methyl sites for hydroxylation is 1. The van der Waals surface area contributed by atoms with Gasteiger partial charge >= 0.3 is 0 Å². The molecule has 1 aliphatic heterocycles. The molecule has 0 saturated carbocycles. The highest BCUT2D eigenvalue weighted by atomic mass is 32.2. The van der Waals surface area contributed by atoms with E-state index in [0.717, 1.165) is 24.8 Å². The van der Waals surface area contributed by atoms with Gasteiger partial charge in [0.2, 0.25) is 0 Å². The topological polar surface area (TPSA) is 24.9 Å². The van der Waals surface area contributed by atoms with Crippen LogP contribution in [0.25, 0.3) is 0 Å². The van der Waals surface area contributed by atoms with Gasteiger partial charge in [-0.3, -0.25) is 0 Å². The Labute approximate surface area is 135 Å². The third-order valence-corrected chi connectivity index (χ3v) is 8.12. The average Bonchev–Trinajstić information content (AvgIpc) is 2.90. The van der Waals surface area contributed by atoms with Crippen LogP contribution in [0, 0.1) is 0 Å². The summed E-state index contributed by atoms with van der Waals surface area (Å²) in [5.41, 5.74) is 1.32. The van der Waals surface area contributed by atoms with Crippen molar-refractivity contribution in [3.63, 3.8) is 0 Å². The van der Waals surface area contributed by atoms with Gasteiger partial charge in [-0.1, -0.05) is 20.8 Å². The minimum absolute atomic E-state index is 0.619. The standard InChI is InChI=1S/C15H26N2S3/c1-4-7-16-10-13-11(5-2)17-15(20-13)14-12(6-3)18-8-9-19-14/h12,14,16H,4-10H2,1-3H3. The lowest BCUT2D eigenvalue weighted by molar-refractivity contribution is 0.676. The van der Waals surface area contributed by atoms with Crippen LogP contribution in [0.5, 0.6) is 0 Å². The fourth-order valence-corrected chi connectivity index (χ4v) is 6.99. The van der Waals surface area contributed by atoms with Crippen LogP contribution in [0.1, 0.15) is 54.4 Å². The Morgan fingerprint density at radius 1 is 1.20 bits per heavy atom. The zero-order valence-corrected chi connectivity index (χ0v) is 15.2. The van der Waals surface area contributed by atoms with Gasteiger partial charge in [0.05, 0.1) is 10.9 Å². The maximum absolute atomic E-state index is 4.97. The molecule has 1 saturated heterocycles. The summed E-state index contributed by atoms with van der Waals surface area (Å²) in [4.78, 5) is 6.43. The SMILES string of the molecule is CCCNCc1sc(C2SCCSC2CC)nc1CC. The summed E-state index contributed by atoms with van der Waals surface area (Å²) in [6.45, 7) is 8.85. The first-order valence-corrected chi connectivity index (χ1v) is 10.6. The van der Waals surface area contributed by atoms with Crippen molar-refractivity contribution in [2.75, 3.05) is 18.1 Å². The van der Waals surface area contributed by atoms with Crippen LogP contribution in [0.3, 0.4) is 0 Å². The molecule has 2 heterocycles. The number of nitrogens with one attached hydrogen (secondary N) is 1. The van der Waals surface area contributed by atoms with Crippen molar-refractivity contribution in [1.29, 1.82) is 0 Å². The van der Waals surface area contributed by atoms with E-state index in [4.69, 9.17) is 4.98 Å². The van der Waals surface area contributed by atoms with Gasteiger partial charge in [-0.05, 0) is 25.8 Å². The average molecular weight is 331 g/mol. The fourth-order valence-electron chi connectivity index (χ4n) is 2.45. The van der Waals surface area contributed by atoms with Crippen molar-refractivity contribution in [2.24, 2.45) is 0 Å². The molecule has 0 aromatic carbocycles. The molecule has 1 N–H and O–H groups in total. The predicted octanol–water partition coefficient (Wildman–Crippen LogP) is 4.50. The minimum Gasteiger partial charge on any atom is -0.312 e. The highest BCUT2D eigenvalue weighted by Crippen LogP contribution is 2.45. The van der Waals surface area contributed by atoms with Gasteiger partial charge in [0.15, 0.2) is 0 Å². The molecular weight excluding hydrogens is 304 g/mol. The Morgan fingerprint density at radius 3 is 2.70 bits per heavy atom. The molecule has 1 aromatic rings. The largest absolute Gasteiger partial charge is 0.312 e. The normalized spacial score (nSPS) is 23.1. The molecule has 0 radical (unpaired) electrons. The maximum Gasteiger partial charge on any atom is 0.107 e. The smallest absolute Gasteiger partial charge is 0.107 e. The van der Waals surface area contributed by atoms with Gasteiger partial charge in [0.1, 0.15) is 5.01 Å². The number of aromatic nitrogens is 1. The van der Waals surface area contributed by atoms with Crippen molar-refractivity contribution in [1.82, 2.24) is 10.3 Å². The van der Waals surface area contributed by atoms with Gasteiger partial charge in [-0.25, -0.2) is 4.98 Å². The van der Waals surface area contributed by atoms with Crippen LogP contribution < -0.4 is 5.32 Å². The number of nitrogens with zero attached hydrogens (tertiary/aromatic N) is 1. The number of thioether (sulfide) groups is 2. The van der Waals surface area contributed by atoms with Crippen molar-refractivity contribution >= 4 is 34.9 Å². The van der Waals surface area contributed by atoms with E-state index in [1.807, 2.05) is 11.3 Å². The number of hydrogen-bond acceptors (Lipinski definition) is 5. The molecule has 0 aliphatic carbocycles. The van der Waals surface area contributed by atoms with Crippen LogP contribution in [-0.4, -0.2) is 28.3 Å². The molecule has 5 heteroatoms. The highest BCUT2D eigenvalue weighted by Gasteiger charge is 2.29. The zero-order chi connectivity index (χ0) is 14.4. The van der Waals surface area contributed by atoms with Crippen molar-refractivity contribution < 1.29 is 0 Å². The van der Waals surface area contributed by atoms with Crippen LogP contribution >= 0.6 is 34.9 Å². The van der Waals surface area contributed by atoms with Gasteiger partial charge in [-0.2, -0.15) is 11.8 Å². The molecule has 20 heavy (non-hydrogen) atoms. The Bertz CT molecular complexity index is 406. The van der Waals surface area contributed by atoms with E-state index < -0.39 is 0 Å². The lowest BCUT2D eigenvalue weighted by Gasteiger charge is -2.28. The lowest BCUT2D eigenvalue weighted by Crippen LogP contribution is -2.18. The summed E-state index contributed by atoms with van der Waals surface area (Å²) in [6.07, 6.45) is 3.51. The summed E-state index contributed by atoms with van der Waals surface area (Å²) < 4.78 is 0. The third-order valence-electron chi connectivity index (χ3n) is 3.54. The van der Waals surface area contributed by atoms with E-state index in [1.54, 1.807) is 0 Å². The molecule has 1 aromatic heterocycles. The first-order valence-electron chi connectivity index (χ1n) is 7.72. The molecule has 1 fully saturated rings. The van der Waals surface area contributed by atoms with Crippen molar-refractivity contribution in [2.45, 2.75) is 57.1 Å². The Balaban J connectivity index is 2.10. The van der Waals surface area contributed by atoms with Crippen molar-refractivity contribution in [3.8, 4) is 0 Å².